The third kappa shape index (κ3) is 2.14. The average Bonchev–Trinajstić information content (AvgIpc) is 2.57. The van der Waals surface area contributed by atoms with Crippen molar-refractivity contribution in [1.82, 2.24) is 4.90 Å². The second-order valence-electron chi connectivity index (χ2n) is 4.81. The van der Waals surface area contributed by atoms with Gasteiger partial charge in [-0.1, -0.05) is 6.07 Å². The molecule has 1 heterocycles. The van der Waals surface area contributed by atoms with E-state index in [-0.39, 0.29) is 0 Å². The number of anilines is 1. The number of hydrogen-bond acceptors (Lipinski definition) is 3. The van der Waals surface area contributed by atoms with Gasteiger partial charge in [0.15, 0.2) is 0 Å². The number of rotatable bonds is 3. The summed E-state index contributed by atoms with van der Waals surface area (Å²) in [5, 5.41) is 3.55. The second-order valence-corrected chi connectivity index (χ2v) is 4.81. The van der Waals surface area contributed by atoms with Crippen molar-refractivity contribution in [2.75, 3.05) is 33.1 Å². The maximum absolute atomic E-state index is 5.42. The van der Waals surface area contributed by atoms with Gasteiger partial charge in [-0.05, 0) is 44.6 Å². The Hall–Kier alpha value is -1.22. The Morgan fingerprint density at radius 2 is 2.19 bits per heavy atom. The van der Waals surface area contributed by atoms with Crippen molar-refractivity contribution in [2.24, 2.45) is 0 Å². The molecule has 2 rings (SSSR count). The van der Waals surface area contributed by atoms with Crippen molar-refractivity contribution in [1.29, 1.82) is 0 Å². The lowest BCUT2D eigenvalue weighted by molar-refractivity contribution is 0.385. The number of hydrogen-bond donors (Lipinski definition) is 1. The highest BCUT2D eigenvalue weighted by molar-refractivity contribution is 5.67. The molecule has 0 amide bonds. The minimum absolute atomic E-state index is 0.501. The highest BCUT2D eigenvalue weighted by atomic mass is 16.5. The Morgan fingerprint density at radius 1 is 1.44 bits per heavy atom. The van der Waals surface area contributed by atoms with Crippen LogP contribution >= 0.6 is 0 Å². The maximum atomic E-state index is 5.42. The molecule has 0 saturated carbocycles. The number of aryl methyl sites for hydroxylation is 1. The molecule has 1 aliphatic heterocycles. The summed E-state index contributed by atoms with van der Waals surface area (Å²) in [6.45, 7) is 3.17. The van der Waals surface area contributed by atoms with Gasteiger partial charge in [0.05, 0.1) is 12.8 Å². The summed E-state index contributed by atoms with van der Waals surface area (Å²) in [4.78, 5) is 2.21. The minimum Gasteiger partial charge on any atom is -0.495 e. The van der Waals surface area contributed by atoms with Gasteiger partial charge in [-0.3, -0.25) is 0 Å². The second kappa shape index (κ2) is 4.34. The van der Waals surface area contributed by atoms with E-state index in [0.717, 1.165) is 18.7 Å². The van der Waals surface area contributed by atoms with Crippen LogP contribution in [-0.4, -0.2) is 38.7 Å². The van der Waals surface area contributed by atoms with E-state index in [0.29, 0.717) is 6.04 Å². The van der Waals surface area contributed by atoms with Crippen LogP contribution < -0.4 is 10.1 Å². The van der Waals surface area contributed by atoms with Gasteiger partial charge in [0.25, 0.3) is 0 Å². The molecule has 1 N–H and O–H groups in total. The van der Waals surface area contributed by atoms with E-state index in [9.17, 15) is 0 Å². The van der Waals surface area contributed by atoms with Crippen molar-refractivity contribution in [3.8, 4) is 5.75 Å². The number of methoxy groups -OCH3 is 1. The van der Waals surface area contributed by atoms with Crippen LogP contribution in [-0.2, 0) is 6.42 Å². The molecule has 0 spiro atoms. The Labute approximate surface area is 97.4 Å². The average molecular weight is 220 g/mol. The van der Waals surface area contributed by atoms with Crippen molar-refractivity contribution in [2.45, 2.75) is 19.4 Å². The zero-order valence-corrected chi connectivity index (χ0v) is 10.5. The van der Waals surface area contributed by atoms with Gasteiger partial charge in [-0.25, -0.2) is 0 Å². The largest absolute Gasteiger partial charge is 0.495 e. The van der Waals surface area contributed by atoms with E-state index in [1.54, 1.807) is 7.11 Å². The Morgan fingerprint density at radius 3 is 2.81 bits per heavy atom. The summed E-state index contributed by atoms with van der Waals surface area (Å²) in [7, 11) is 5.94. The molecular weight excluding hydrogens is 200 g/mol. The van der Waals surface area contributed by atoms with Crippen LogP contribution in [0.4, 0.5) is 5.69 Å². The Kier molecular flexibility index (Phi) is 3.06. The molecule has 1 aromatic rings. The molecule has 1 aromatic carbocycles. The van der Waals surface area contributed by atoms with Crippen LogP contribution in [0.1, 0.15) is 11.1 Å². The summed E-state index contributed by atoms with van der Waals surface area (Å²) in [6.07, 6.45) is 1.09. The normalized spacial score (nSPS) is 18.4. The summed E-state index contributed by atoms with van der Waals surface area (Å²) in [5.74, 6) is 0.969. The molecule has 0 radical (unpaired) electrons. The minimum atomic E-state index is 0.501. The van der Waals surface area contributed by atoms with Crippen LogP contribution in [0.2, 0.25) is 0 Å². The molecule has 0 saturated heterocycles. The van der Waals surface area contributed by atoms with Gasteiger partial charge < -0.3 is 15.0 Å². The Balaban J connectivity index is 2.23. The highest BCUT2D eigenvalue weighted by Gasteiger charge is 2.24. The van der Waals surface area contributed by atoms with Gasteiger partial charge in [-0.15, -0.1) is 0 Å². The number of likely N-dealkylation sites (N-methyl/N-ethyl adjacent to an activating group) is 1. The van der Waals surface area contributed by atoms with Crippen molar-refractivity contribution in [3.05, 3.63) is 23.3 Å². The predicted octanol–water partition coefficient (Wildman–Crippen LogP) is 1.90. The maximum Gasteiger partial charge on any atom is 0.142 e. The number of ether oxygens (including phenoxy) is 1. The van der Waals surface area contributed by atoms with Crippen molar-refractivity contribution < 1.29 is 4.74 Å². The molecule has 1 atom stereocenters. The number of fused-ring (bicyclic) bond motifs is 1. The van der Waals surface area contributed by atoms with Gasteiger partial charge in [0.1, 0.15) is 5.75 Å². The molecule has 0 aliphatic carbocycles. The summed E-state index contributed by atoms with van der Waals surface area (Å²) >= 11 is 0. The first-order chi connectivity index (χ1) is 7.60. The lowest BCUT2D eigenvalue weighted by Gasteiger charge is -2.17. The predicted molar refractivity (Wildman–Crippen MR) is 67.4 cm³/mol. The lowest BCUT2D eigenvalue weighted by Crippen LogP contribution is -2.30. The van der Waals surface area contributed by atoms with E-state index in [4.69, 9.17) is 4.74 Å². The zero-order valence-electron chi connectivity index (χ0n) is 10.5. The van der Waals surface area contributed by atoms with E-state index in [1.165, 1.54) is 16.8 Å². The Bertz CT molecular complexity index is 388. The first kappa shape index (κ1) is 11.3. The van der Waals surface area contributed by atoms with E-state index >= 15 is 0 Å². The summed E-state index contributed by atoms with van der Waals surface area (Å²) in [5.41, 5.74) is 3.83. The molecule has 88 valence electrons. The van der Waals surface area contributed by atoms with Gasteiger partial charge in [0.2, 0.25) is 0 Å². The van der Waals surface area contributed by atoms with E-state index in [2.05, 4.69) is 43.4 Å². The fourth-order valence-electron chi connectivity index (χ4n) is 2.38. The smallest absolute Gasteiger partial charge is 0.142 e. The zero-order chi connectivity index (χ0) is 11.7. The standard InChI is InChI=1S/C13H20N2O/c1-9-5-10-7-11(8-15(2)3)14-13(10)12(6-9)16-4/h5-6,11,14H,7-8H2,1-4H3. The van der Waals surface area contributed by atoms with E-state index in [1.807, 2.05) is 0 Å². The van der Waals surface area contributed by atoms with Crippen molar-refractivity contribution in [3.63, 3.8) is 0 Å². The number of nitrogens with one attached hydrogen (secondary N) is 1. The monoisotopic (exact) mass is 220 g/mol. The molecule has 3 nitrogen and oxygen atoms in total. The molecule has 16 heavy (non-hydrogen) atoms. The van der Waals surface area contributed by atoms with Crippen LogP contribution in [0.5, 0.6) is 5.75 Å². The van der Waals surface area contributed by atoms with Crippen LogP contribution in [0.25, 0.3) is 0 Å². The third-order valence-electron chi connectivity index (χ3n) is 2.95. The first-order valence-electron chi connectivity index (χ1n) is 5.69. The number of nitrogens with zero attached hydrogens (tertiary/aromatic N) is 1. The molecular formula is C13H20N2O. The molecule has 1 aliphatic rings. The van der Waals surface area contributed by atoms with Gasteiger partial charge in [0, 0.05) is 12.6 Å². The fourth-order valence-corrected chi connectivity index (χ4v) is 2.38. The molecule has 1 unspecified atom stereocenters. The first-order valence-corrected chi connectivity index (χ1v) is 5.69. The van der Waals surface area contributed by atoms with Crippen molar-refractivity contribution >= 4 is 5.69 Å². The fraction of sp³-hybridized carbons (Fsp3) is 0.538. The number of benzene rings is 1. The molecule has 3 heteroatoms. The summed E-state index contributed by atoms with van der Waals surface area (Å²) in [6, 6.07) is 4.84. The SMILES string of the molecule is COc1cc(C)cc2c1NC(CN(C)C)C2. The lowest BCUT2D eigenvalue weighted by atomic mass is 10.1. The van der Waals surface area contributed by atoms with Crippen LogP contribution in [0.15, 0.2) is 12.1 Å². The van der Waals surface area contributed by atoms with Crippen LogP contribution in [0, 0.1) is 6.92 Å². The topological polar surface area (TPSA) is 24.5 Å². The highest BCUT2D eigenvalue weighted by Crippen LogP contribution is 2.36. The van der Waals surface area contributed by atoms with E-state index < -0.39 is 0 Å². The quantitative estimate of drug-likeness (QED) is 0.842. The van der Waals surface area contributed by atoms with Crippen LogP contribution in [0.3, 0.4) is 0 Å². The molecule has 0 aromatic heterocycles. The van der Waals surface area contributed by atoms with Gasteiger partial charge >= 0.3 is 0 Å². The molecule has 0 bridgehead atoms. The third-order valence-corrected chi connectivity index (χ3v) is 2.95. The van der Waals surface area contributed by atoms with Gasteiger partial charge in [-0.2, -0.15) is 0 Å². The molecule has 0 fully saturated rings. The summed E-state index contributed by atoms with van der Waals surface area (Å²) < 4.78 is 5.42.